The first kappa shape index (κ1) is 10.6. The molecule has 1 N–H and O–H groups in total. The van der Waals surface area contributed by atoms with Crippen molar-refractivity contribution < 1.29 is 4.79 Å². The van der Waals surface area contributed by atoms with Crippen molar-refractivity contribution in [1.82, 2.24) is 4.90 Å². The lowest BCUT2D eigenvalue weighted by Crippen LogP contribution is -2.34. The SMILES string of the molecule is CN1C(=O)CC2c3cc(Br)cc(Br)c3NC21. The third kappa shape index (κ3) is 1.34. The molecular formula is C11H10Br2N2O. The van der Waals surface area contributed by atoms with Crippen molar-refractivity contribution in [1.29, 1.82) is 0 Å². The maximum absolute atomic E-state index is 11.6. The lowest BCUT2D eigenvalue weighted by atomic mass is 9.98. The van der Waals surface area contributed by atoms with E-state index >= 15 is 0 Å². The first-order valence-corrected chi connectivity index (χ1v) is 6.67. The highest BCUT2D eigenvalue weighted by Gasteiger charge is 2.44. The molecule has 1 aromatic carbocycles. The molecule has 2 heterocycles. The van der Waals surface area contributed by atoms with E-state index in [-0.39, 0.29) is 18.0 Å². The van der Waals surface area contributed by atoms with E-state index in [4.69, 9.17) is 0 Å². The Labute approximate surface area is 110 Å². The number of anilines is 1. The summed E-state index contributed by atoms with van der Waals surface area (Å²) >= 11 is 7.03. The minimum Gasteiger partial charge on any atom is -0.363 e. The molecule has 0 aliphatic carbocycles. The number of hydrogen-bond donors (Lipinski definition) is 1. The number of likely N-dealkylation sites (N-methyl/N-ethyl adjacent to an activating group) is 1. The fraction of sp³-hybridized carbons (Fsp3) is 0.364. The molecular weight excluding hydrogens is 336 g/mol. The third-order valence-corrected chi connectivity index (χ3v) is 4.45. The van der Waals surface area contributed by atoms with Crippen LogP contribution in [0.3, 0.4) is 0 Å². The quantitative estimate of drug-likeness (QED) is 0.784. The largest absolute Gasteiger partial charge is 0.363 e. The minimum atomic E-state index is 0.119. The van der Waals surface area contributed by atoms with Crippen LogP contribution in [0.5, 0.6) is 0 Å². The van der Waals surface area contributed by atoms with Gasteiger partial charge in [-0.05, 0) is 33.6 Å². The van der Waals surface area contributed by atoms with Gasteiger partial charge in [0.1, 0.15) is 6.17 Å². The predicted octanol–water partition coefficient (Wildman–Crippen LogP) is 2.91. The second-order valence-electron chi connectivity index (χ2n) is 4.26. The number of likely N-dealkylation sites (tertiary alicyclic amines) is 1. The number of hydrogen-bond acceptors (Lipinski definition) is 2. The Morgan fingerprint density at radius 1 is 1.44 bits per heavy atom. The van der Waals surface area contributed by atoms with E-state index in [1.54, 1.807) is 4.90 Å². The van der Waals surface area contributed by atoms with Gasteiger partial charge in [-0.3, -0.25) is 4.79 Å². The average molecular weight is 346 g/mol. The van der Waals surface area contributed by atoms with Crippen LogP contribution < -0.4 is 5.32 Å². The molecule has 3 nitrogen and oxygen atoms in total. The molecule has 0 spiro atoms. The Balaban J connectivity index is 2.11. The van der Waals surface area contributed by atoms with Gasteiger partial charge in [-0.1, -0.05) is 15.9 Å². The molecule has 3 rings (SSSR count). The van der Waals surface area contributed by atoms with Crippen molar-refractivity contribution in [2.75, 3.05) is 12.4 Å². The van der Waals surface area contributed by atoms with Crippen LogP contribution >= 0.6 is 31.9 Å². The van der Waals surface area contributed by atoms with E-state index in [0.29, 0.717) is 6.42 Å². The third-order valence-electron chi connectivity index (χ3n) is 3.36. The maximum atomic E-state index is 11.6. The van der Waals surface area contributed by atoms with Crippen molar-refractivity contribution in [3.05, 3.63) is 26.6 Å². The summed E-state index contributed by atoms with van der Waals surface area (Å²) in [7, 11) is 1.86. The van der Waals surface area contributed by atoms with Crippen molar-refractivity contribution in [3.8, 4) is 0 Å². The standard InChI is InChI=1S/C11H10Br2N2O/c1-15-9(16)4-7-6-2-5(12)3-8(13)10(6)14-11(7)15/h2-3,7,11,14H,4H2,1H3. The smallest absolute Gasteiger partial charge is 0.224 e. The monoisotopic (exact) mass is 344 g/mol. The second-order valence-corrected chi connectivity index (χ2v) is 6.03. The number of carbonyl (C=O) groups excluding carboxylic acids is 1. The summed E-state index contributed by atoms with van der Waals surface area (Å²) in [5.41, 5.74) is 2.35. The van der Waals surface area contributed by atoms with Crippen molar-refractivity contribution in [2.24, 2.45) is 0 Å². The van der Waals surface area contributed by atoms with E-state index < -0.39 is 0 Å². The molecule has 2 aliphatic rings. The number of benzene rings is 1. The van der Waals surface area contributed by atoms with Crippen molar-refractivity contribution >= 4 is 43.5 Å². The molecule has 0 saturated carbocycles. The Kier molecular flexibility index (Phi) is 2.30. The fourth-order valence-electron chi connectivity index (χ4n) is 2.53. The van der Waals surface area contributed by atoms with Crippen molar-refractivity contribution in [3.63, 3.8) is 0 Å². The molecule has 5 heteroatoms. The molecule has 0 radical (unpaired) electrons. The zero-order chi connectivity index (χ0) is 11.4. The first-order valence-electron chi connectivity index (χ1n) is 5.09. The topological polar surface area (TPSA) is 32.3 Å². The molecule has 2 atom stereocenters. The van der Waals surface area contributed by atoms with Gasteiger partial charge in [0, 0.05) is 28.3 Å². The van der Waals surface area contributed by atoms with Crippen LogP contribution in [0.25, 0.3) is 0 Å². The van der Waals surface area contributed by atoms with Crippen LogP contribution in [-0.2, 0) is 4.79 Å². The van der Waals surface area contributed by atoms with Crippen LogP contribution in [0, 0.1) is 0 Å². The number of nitrogens with zero attached hydrogens (tertiary/aromatic N) is 1. The summed E-state index contributed by atoms with van der Waals surface area (Å²) in [6.07, 6.45) is 0.720. The van der Waals surface area contributed by atoms with Crippen LogP contribution in [0.2, 0.25) is 0 Å². The molecule has 2 aliphatic heterocycles. The zero-order valence-electron chi connectivity index (χ0n) is 8.63. The van der Waals surface area contributed by atoms with Gasteiger partial charge in [-0.2, -0.15) is 0 Å². The number of nitrogens with one attached hydrogen (secondary N) is 1. The Morgan fingerprint density at radius 2 is 2.19 bits per heavy atom. The summed E-state index contributed by atoms with van der Waals surface area (Å²) < 4.78 is 2.09. The number of carbonyl (C=O) groups is 1. The van der Waals surface area contributed by atoms with E-state index in [1.807, 2.05) is 13.1 Å². The first-order chi connectivity index (χ1) is 7.58. The number of amides is 1. The van der Waals surface area contributed by atoms with Gasteiger partial charge < -0.3 is 10.2 Å². The normalized spacial score (nSPS) is 26.7. The van der Waals surface area contributed by atoms with Gasteiger partial charge in [0.2, 0.25) is 5.91 Å². The molecule has 16 heavy (non-hydrogen) atoms. The zero-order valence-corrected chi connectivity index (χ0v) is 11.8. The lowest BCUT2D eigenvalue weighted by molar-refractivity contribution is -0.127. The Hall–Kier alpha value is -0.550. The van der Waals surface area contributed by atoms with Crippen molar-refractivity contribution in [2.45, 2.75) is 18.5 Å². The average Bonchev–Trinajstić information content (AvgIpc) is 2.68. The lowest BCUT2D eigenvalue weighted by Gasteiger charge is -2.19. The highest BCUT2D eigenvalue weighted by atomic mass is 79.9. The Bertz CT molecular complexity index is 489. The molecule has 1 aromatic rings. The van der Waals surface area contributed by atoms with Gasteiger partial charge in [0.05, 0.1) is 5.69 Å². The summed E-state index contributed by atoms with van der Waals surface area (Å²) in [4.78, 5) is 13.4. The minimum absolute atomic E-state index is 0.119. The molecule has 0 aromatic heterocycles. The van der Waals surface area contributed by atoms with Gasteiger partial charge in [0.25, 0.3) is 0 Å². The molecule has 0 bridgehead atoms. The summed E-state index contributed by atoms with van der Waals surface area (Å²) in [5, 5.41) is 3.41. The van der Waals surface area contributed by atoms with Crippen LogP contribution in [0.1, 0.15) is 17.9 Å². The summed E-state index contributed by atoms with van der Waals surface area (Å²) in [5.74, 6) is 0.491. The van der Waals surface area contributed by atoms with Gasteiger partial charge in [0.15, 0.2) is 0 Å². The predicted molar refractivity (Wildman–Crippen MR) is 69.4 cm³/mol. The van der Waals surface area contributed by atoms with E-state index in [2.05, 4.69) is 43.2 Å². The van der Waals surface area contributed by atoms with Gasteiger partial charge in [-0.15, -0.1) is 0 Å². The number of halogens is 2. The number of rotatable bonds is 0. The highest BCUT2D eigenvalue weighted by Crippen LogP contribution is 2.47. The summed E-state index contributed by atoms with van der Waals surface area (Å²) in [6.45, 7) is 0. The van der Waals surface area contributed by atoms with Gasteiger partial charge in [-0.25, -0.2) is 0 Å². The fourth-order valence-corrected chi connectivity index (χ4v) is 3.91. The molecule has 84 valence electrons. The summed E-state index contributed by atoms with van der Waals surface area (Å²) in [6, 6.07) is 4.12. The second kappa shape index (κ2) is 3.47. The van der Waals surface area contributed by atoms with Crippen LogP contribution in [-0.4, -0.2) is 24.0 Å². The maximum Gasteiger partial charge on any atom is 0.224 e. The number of fused-ring (bicyclic) bond motifs is 3. The molecule has 1 saturated heterocycles. The van der Waals surface area contributed by atoms with E-state index in [9.17, 15) is 4.79 Å². The Morgan fingerprint density at radius 3 is 2.94 bits per heavy atom. The van der Waals surface area contributed by atoms with Gasteiger partial charge >= 0.3 is 0 Å². The van der Waals surface area contributed by atoms with Crippen LogP contribution in [0.15, 0.2) is 21.1 Å². The molecule has 2 unspecified atom stereocenters. The van der Waals surface area contributed by atoms with Crippen LogP contribution in [0.4, 0.5) is 5.69 Å². The highest BCUT2D eigenvalue weighted by molar-refractivity contribution is 9.11. The molecule has 1 fully saturated rings. The van der Waals surface area contributed by atoms with E-state index in [1.165, 1.54) is 5.56 Å². The van der Waals surface area contributed by atoms with E-state index in [0.717, 1.165) is 14.6 Å². The molecule has 1 amide bonds.